The van der Waals surface area contributed by atoms with E-state index in [9.17, 15) is 4.79 Å². The van der Waals surface area contributed by atoms with Gasteiger partial charge in [0.05, 0.1) is 5.69 Å². The van der Waals surface area contributed by atoms with E-state index in [0.717, 1.165) is 25.2 Å². The Morgan fingerprint density at radius 3 is 2.75 bits per heavy atom. The molecule has 0 spiro atoms. The number of aromatic amines is 1. The van der Waals surface area contributed by atoms with Crippen molar-refractivity contribution >= 4 is 0 Å². The summed E-state index contributed by atoms with van der Waals surface area (Å²) >= 11 is 0. The van der Waals surface area contributed by atoms with Gasteiger partial charge in [-0.25, -0.2) is 4.79 Å². The fourth-order valence-corrected chi connectivity index (χ4v) is 1.82. The SMILES string of the molecule is Cc1cc(C)n(CCCn2cc[nH]c2=O)n1. The molecule has 0 bridgehead atoms. The van der Waals surface area contributed by atoms with Gasteiger partial charge in [0.25, 0.3) is 0 Å². The van der Waals surface area contributed by atoms with Crippen LogP contribution in [0.25, 0.3) is 0 Å². The van der Waals surface area contributed by atoms with Crippen LogP contribution in [0, 0.1) is 13.8 Å². The Morgan fingerprint density at radius 1 is 1.38 bits per heavy atom. The van der Waals surface area contributed by atoms with Crippen LogP contribution in [0.2, 0.25) is 0 Å². The molecule has 0 aromatic carbocycles. The molecule has 16 heavy (non-hydrogen) atoms. The lowest BCUT2D eigenvalue weighted by molar-refractivity contribution is 0.510. The number of rotatable bonds is 4. The maximum Gasteiger partial charge on any atom is 0.325 e. The Balaban J connectivity index is 1.91. The molecule has 0 atom stereocenters. The molecule has 2 rings (SSSR count). The van der Waals surface area contributed by atoms with Crippen molar-refractivity contribution in [1.29, 1.82) is 0 Å². The first kappa shape index (κ1) is 10.7. The van der Waals surface area contributed by atoms with Crippen LogP contribution in [0.1, 0.15) is 17.8 Å². The second kappa shape index (κ2) is 4.38. The molecule has 2 aromatic rings. The lowest BCUT2D eigenvalue weighted by Crippen LogP contribution is -2.17. The average Bonchev–Trinajstić information content (AvgIpc) is 2.75. The van der Waals surface area contributed by atoms with Gasteiger partial charge in [0.2, 0.25) is 0 Å². The molecule has 0 unspecified atom stereocenters. The van der Waals surface area contributed by atoms with Crippen LogP contribution in [0.5, 0.6) is 0 Å². The molecule has 0 saturated carbocycles. The summed E-state index contributed by atoms with van der Waals surface area (Å²) in [6.45, 7) is 5.60. The number of nitrogens with zero attached hydrogens (tertiary/aromatic N) is 3. The van der Waals surface area contributed by atoms with Crippen molar-refractivity contribution in [1.82, 2.24) is 19.3 Å². The van der Waals surface area contributed by atoms with Gasteiger partial charge in [-0.15, -0.1) is 0 Å². The fourth-order valence-electron chi connectivity index (χ4n) is 1.82. The Labute approximate surface area is 93.7 Å². The third kappa shape index (κ3) is 2.24. The molecule has 5 nitrogen and oxygen atoms in total. The molecule has 0 aliphatic carbocycles. The Bertz CT molecular complexity index is 520. The van der Waals surface area contributed by atoms with Gasteiger partial charge in [0.1, 0.15) is 0 Å². The average molecular weight is 220 g/mol. The van der Waals surface area contributed by atoms with E-state index in [1.807, 2.05) is 18.5 Å². The minimum atomic E-state index is -0.0478. The maximum absolute atomic E-state index is 11.2. The van der Waals surface area contributed by atoms with Crippen molar-refractivity contribution < 1.29 is 0 Å². The molecule has 2 heterocycles. The molecule has 5 heteroatoms. The van der Waals surface area contributed by atoms with Crippen LogP contribution in [-0.4, -0.2) is 19.3 Å². The molecule has 0 fully saturated rings. The first-order chi connectivity index (χ1) is 7.66. The van der Waals surface area contributed by atoms with Crippen LogP contribution < -0.4 is 5.69 Å². The van der Waals surface area contributed by atoms with E-state index in [0.29, 0.717) is 0 Å². The van der Waals surface area contributed by atoms with Crippen molar-refractivity contribution in [2.75, 3.05) is 0 Å². The monoisotopic (exact) mass is 220 g/mol. The Hall–Kier alpha value is -1.78. The molecule has 0 radical (unpaired) electrons. The van der Waals surface area contributed by atoms with Gasteiger partial charge in [-0.05, 0) is 26.3 Å². The highest BCUT2D eigenvalue weighted by Crippen LogP contribution is 2.02. The van der Waals surface area contributed by atoms with Crippen molar-refractivity contribution in [2.45, 2.75) is 33.4 Å². The number of hydrogen-bond donors (Lipinski definition) is 1. The maximum atomic E-state index is 11.2. The van der Waals surface area contributed by atoms with Gasteiger partial charge in [-0.3, -0.25) is 9.25 Å². The minimum absolute atomic E-state index is 0.0478. The van der Waals surface area contributed by atoms with Gasteiger partial charge in [0.15, 0.2) is 0 Å². The van der Waals surface area contributed by atoms with Gasteiger partial charge in [-0.2, -0.15) is 5.10 Å². The first-order valence-electron chi connectivity index (χ1n) is 5.41. The highest BCUT2D eigenvalue weighted by atomic mass is 16.1. The number of imidazole rings is 1. The van der Waals surface area contributed by atoms with E-state index in [1.165, 1.54) is 5.69 Å². The molecular weight excluding hydrogens is 204 g/mol. The van der Waals surface area contributed by atoms with Crippen molar-refractivity contribution in [3.63, 3.8) is 0 Å². The summed E-state index contributed by atoms with van der Waals surface area (Å²) in [5, 5.41) is 4.37. The van der Waals surface area contributed by atoms with Gasteiger partial charge in [-0.1, -0.05) is 0 Å². The number of nitrogens with one attached hydrogen (secondary N) is 1. The molecule has 0 saturated heterocycles. The van der Waals surface area contributed by atoms with Crippen LogP contribution in [0.15, 0.2) is 23.3 Å². The van der Waals surface area contributed by atoms with E-state index < -0.39 is 0 Å². The number of aryl methyl sites for hydroxylation is 4. The molecule has 0 amide bonds. The summed E-state index contributed by atoms with van der Waals surface area (Å²) in [6.07, 6.45) is 4.33. The molecule has 0 aliphatic heterocycles. The highest BCUT2D eigenvalue weighted by Gasteiger charge is 2.01. The van der Waals surface area contributed by atoms with E-state index in [1.54, 1.807) is 17.0 Å². The molecule has 1 N–H and O–H groups in total. The standard InChI is InChI=1S/C11H16N4O/c1-9-8-10(2)15(13-9)6-3-5-14-7-4-12-11(14)16/h4,7-8H,3,5-6H2,1-2H3,(H,12,16). The first-order valence-corrected chi connectivity index (χ1v) is 5.41. The summed E-state index contributed by atoms with van der Waals surface area (Å²) in [7, 11) is 0. The molecule has 2 aromatic heterocycles. The third-order valence-corrected chi connectivity index (χ3v) is 2.59. The summed E-state index contributed by atoms with van der Waals surface area (Å²) < 4.78 is 3.65. The van der Waals surface area contributed by atoms with E-state index >= 15 is 0 Å². The van der Waals surface area contributed by atoms with E-state index in [2.05, 4.69) is 16.1 Å². The second-order valence-corrected chi connectivity index (χ2v) is 3.96. The van der Waals surface area contributed by atoms with Crippen LogP contribution in [0.3, 0.4) is 0 Å². The zero-order chi connectivity index (χ0) is 11.5. The number of hydrogen-bond acceptors (Lipinski definition) is 2. The van der Waals surface area contributed by atoms with Gasteiger partial charge >= 0.3 is 5.69 Å². The van der Waals surface area contributed by atoms with Crippen LogP contribution in [-0.2, 0) is 13.1 Å². The quantitative estimate of drug-likeness (QED) is 0.838. The number of H-pyrrole nitrogens is 1. The largest absolute Gasteiger partial charge is 0.325 e. The lowest BCUT2D eigenvalue weighted by atomic mass is 10.4. The lowest BCUT2D eigenvalue weighted by Gasteiger charge is -2.04. The number of aromatic nitrogens is 4. The summed E-state index contributed by atoms with van der Waals surface area (Å²) in [5.41, 5.74) is 2.16. The van der Waals surface area contributed by atoms with Crippen LogP contribution >= 0.6 is 0 Å². The summed E-state index contributed by atoms with van der Waals surface area (Å²) in [6, 6.07) is 2.06. The Kier molecular flexibility index (Phi) is 2.94. The second-order valence-electron chi connectivity index (χ2n) is 3.96. The third-order valence-electron chi connectivity index (χ3n) is 2.59. The molecular formula is C11H16N4O. The van der Waals surface area contributed by atoms with Gasteiger partial charge < -0.3 is 4.98 Å². The highest BCUT2D eigenvalue weighted by molar-refractivity contribution is 5.06. The summed E-state index contributed by atoms with van der Waals surface area (Å²) in [4.78, 5) is 13.8. The zero-order valence-corrected chi connectivity index (χ0v) is 9.60. The smallest absolute Gasteiger partial charge is 0.313 e. The van der Waals surface area contributed by atoms with E-state index in [4.69, 9.17) is 0 Å². The van der Waals surface area contributed by atoms with E-state index in [-0.39, 0.29) is 5.69 Å². The van der Waals surface area contributed by atoms with Crippen molar-refractivity contribution in [3.05, 3.63) is 40.3 Å². The molecule has 86 valence electrons. The van der Waals surface area contributed by atoms with Crippen LogP contribution in [0.4, 0.5) is 0 Å². The topological polar surface area (TPSA) is 55.6 Å². The predicted octanol–water partition coefficient (Wildman–Crippen LogP) is 1.08. The minimum Gasteiger partial charge on any atom is -0.313 e. The van der Waals surface area contributed by atoms with Gasteiger partial charge in [0, 0.05) is 31.2 Å². The zero-order valence-electron chi connectivity index (χ0n) is 9.60. The fraction of sp³-hybridized carbons (Fsp3) is 0.455. The Morgan fingerprint density at radius 2 is 2.19 bits per heavy atom. The van der Waals surface area contributed by atoms with Crippen molar-refractivity contribution in [2.24, 2.45) is 0 Å². The van der Waals surface area contributed by atoms with Crippen molar-refractivity contribution in [3.8, 4) is 0 Å². The normalized spacial score (nSPS) is 10.9. The summed E-state index contributed by atoms with van der Waals surface area (Å²) in [5.74, 6) is 0. The predicted molar refractivity (Wildman–Crippen MR) is 61.4 cm³/mol. The molecule has 0 aliphatic rings.